The fraction of sp³-hybridized carbons (Fsp3) is 0.250. The molecule has 0 saturated heterocycles. The van der Waals surface area contributed by atoms with Crippen LogP contribution in [0.5, 0.6) is 5.75 Å². The van der Waals surface area contributed by atoms with Crippen molar-refractivity contribution in [2.45, 2.75) is 13.0 Å². The third kappa shape index (κ3) is 4.49. The molecule has 2 N–H and O–H groups in total. The quantitative estimate of drug-likeness (QED) is 0.855. The number of aromatic nitrogens is 1. The molecule has 0 saturated carbocycles. The lowest BCUT2D eigenvalue weighted by Gasteiger charge is -2.16. The van der Waals surface area contributed by atoms with E-state index in [4.69, 9.17) is 4.74 Å². The maximum absolute atomic E-state index is 11.2. The van der Waals surface area contributed by atoms with Crippen molar-refractivity contribution in [1.82, 2.24) is 10.3 Å². The molecule has 0 fully saturated rings. The van der Waals surface area contributed by atoms with Crippen molar-refractivity contribution in [3.63, 3.8) is 0 Å². The summed E-state index contributed by atoms with van der Waals surface area (Å²) >= 11 is 0. The molecule has 5 nitrogen and oxygen atoms in total. The fourth-order valence-corrected chi connectivity index (χ4v) is 1.86. The summed E-state index contributed by atoms with van der Waals surface area (Å²) in [5.41, 5.74) is 2.04. The molecule has 2 aromatic rings. The molecule has 110 valence electrons. The Hall–Kier alpha value is -2.56. The van der Waals surface area contributed by atoms with Crippen molar-refractivity contribution >= 4 is 11.6 Å². The van der Waals surface area contributed by atoms with E-state index >= 15 is 0 Å². The minimum absolute atomic E-state index is 0.0120. The average molecular weight is 285 g/mol. The fourth-order valence-electron chi connectivity index (χ4n) is 1.86. The molecule has 0 aliphatic rings. The number of rotatable bonds is 6. The molecule has 1 aromatic heterocycles. The second-order valence-corrected chi connectivity index (χ2v) is 4.64. The summed E-state index contributed by atoms with van der Waals surface area (Å²) in [6.07, 6.45) is 3.59. The van der Waals surface area contributed by atoms with Crippen LogP contribution in [0.3, 0.4) is 0 Å². The molecule has 0 spiro atoms. The first-order chi connectivity index (χ1) is 10.2. The number of carbonyl (C=O) groups is 1. The zero-order chi connectivity index (χ0) is 15.1. The number of nitrogens with zero attached hydrogens (tertiary/aromatic N) is 1. The zero-order valence-corrected chi connectivity index (χ0v) is 12.2. The van der Waals surface area contributed by atoms with Gasteiger partial charge in [0.15, 0.2) is 6.61 Å². The molecule has 1 heterocycles. The van der Waals surface area contributed by atoms with E-state index in [0.717, 1.165) is 11.3 Å². The van der Waals surface area contributed by atoms with Crippen molar-refractivity contribution in [3.8, 4) is 5.75 Å². The summed E-state index contributed by atoms with van der Waals surface area (Å²) in [7, 11) is 1.58. The standard InChI is InChI=1S/C16H19N3O2/c1-12(13-5-4-8-18-10-13)19-14-6-3-7-15(9-14)21-11-16(20)17-2/h3-10,12,19H,11H2,1-2H3,(H,17,20). The number of likely N-dealkylation sites (N-methyl/N-ethyl adjacent to an activating group) is 1. The van der Waals surface area contributed by atoms with Gasteiger partial charge in [-0.15, -0.1) is 0 Å². The van der Waals surface area contributed by atoms with E-state index in [-0.39, 0.29) is 18.6 Å². The molecule has 0 bridgehead atoms. The summed E-state index contributed by atoms with van der Waals surface area (Å²) in [5, 5.41) is 5.90. The van der Waals surface area contributed by atoms with Gasteiger partial charge < -0.3 is 15.4 Å². The molecule has 1 atom stereocenters. The van der Waals surface area contributed by atoms with Gasteiger partial charge in [-0.2, -0.15) is 0 Å². The van der Waals surface area contributed by atoms with Gasteiger partial charge in [-0.05, 0) is 30.7 Å². The topological polar surface area (TPSA) is 63.2 Å². The van der Waals surface area contributed by atoms with Gasteiger partial charge in [0.1, 0.15) is 5.75 Å². The Bertz CT molecular complexity index is 587. The minimum atomic E-state index is -0.155. The van der Waals surface area contributed by atoms with Crippen LogP contribution >= 0.6 is 0 Å². The molecule has 2 rings (SSSR count). The van der Waals surface area contributed by atoms with Crippen LogP contribution in [0.1, 0.15) is 18.5 Å². The maximum Gasteiger partial charge on any atom is 0.257 e. The highest BCUT2D eigenvalue weighted by atomic mass is 16.5. The Morgan fingerprint density at radius 1 is 1.33 bits per heavy atom. The monoisotopic (exact) mass is 285 g/mol. The molecule has 0 aliphatic carbocycles. The Kier molecular flexibility index (Phi) is 5.15. The van der Waals surface area contributed by atoms with E-state index in [1.165, 1.54) is 0 Å². The number of ether oxygens (including phenoxy) is 1. The molecular formula is C16H19N3O2. The Labute approximate surface area is 124 Å². The molecule has 5 heteroatoms. The van der Waals surface area contributed by atoms with Crippen molar-refractivity contribution in [1.29, 1.82) is 0 Å². The second-order valence-electron chi connectivity index (χ2n) is 4.64. The van der Waals surface area contributed by atoms with Gasteiger partial charge >= 0.3 is 0 Å². The second kappa shape index (κ2) is 7.28. The normalized spacial score (nSPS) is 11.5. The third-order valence-corrected chi connectivity index (χ3v) is 3.05. The maximum atomic E-state index is 11.2. The number of pyridine rings is 1. The van der Waals surface area contributed by atoms with E-state index in [1.807, 2.05) is 42.6 Å². The van der Waals surface area contributed by atoms with E-state index in [0.29, 0.717) is 5.75 Å². The molecule has 0 radical (unpaired) electrons. The summed E-state index contributed by atoms with van der Waals surface area (Å²) in [6.45, 7) is 2.08. The highest BCUT2D eigenvalue weighted by Gasteiger charge is 2.06. The van der Waals surface area contributed by atoms with Gasteiger partial charge in [0, 0.05) is 31.2 Å². The lowest BCUT2D eigenvalue weighted by Crippen LogP contribution is -2.24. The number of hydrogen-bond donors (Lipinski definition) is 2. The molecule has 1 unspecified atom stereocenters. The van der Waals surface area contributed by atoms with Crippen LogP contribution in [-0.4, -0.2) is 24.5 Å². The van der Waals surface area contributed by atoms with Gasteiger partial charge in [0.2, 0.25) is 0 Å². The number of benzene rings is 1. The van der Waals surface area contributed by atoms with Crippen LogP contribution in [0.25, 0.3) is 0 Å². The lowest BCUT2D eigenvalue weighted by molar-refractivity contribution is -0.122. The molecule has 1 amide bonds. The van der Waals surface area contributed by atoms with Gasteiger partial charge in [0.05, 0.1) is 6.04 Å². The Morgan fingerprint density at radius 3 is 2.90 bits per heavy atom. The van der Waals surface area contributed by atoms with Crippen LogP contribution in [0, 0.1) is 0 Å². The van der Waals surface area contributed by atoms with Crippen molar-refractivity contribution in [3.05, 3.63) is 54.4 Å². The van der Waals surface area contributed by atoms with Gasteiger partial charge in [-0.25, -0.2) is 0 Å². The van der Waals surface area contributed by atoms with Gasteiger partial charge in [0.25, 0.3) is 5.91 Å². The number of amides is 1. The predicted molar refractivity (Wildman–Crippen MR) is 82.3 cm³/mol. The molecule has 1 aromatic carbocycles. The summed E-state index contributed by atoms with van der Waals surface area (Å²) in [6, 6.07) is 11.6. The number of anilines is 1. The first-order valence-electron chi connectivity index (χ1n) is 6.79. The number of carbonyl (C=O) groups excluding carboxylic acids is 1. The van der Waals surface area contributed by atoms with Crippen molar-refractivity contribution < 1.29 is 9.53 Å². The largest absolute Gasteiger partial charge is 0.484 e. The summed E-state index contributed by atoms with van der Waals surface area (Å²) in [4.78, 5) is 15.3. The third-order valence-electron chi connectivity index (χ3n) is 3.05. The van der Waals surface area contributed by atoms with E-state index in [1.54, 1.807) is 13.2 Å². The lowest BCUT2D eigenvalue weighted by atomic mass is 10.1. The van der Waals surface area contributed by atoms with Crippen LogP contribution in [-0.2, 0) is 4.79 Å². The Morgan fingerprint density at radius 2 is 2.19 bits per heavy atom. The summed E-state index contributed by atoms with van der Waals surface area (Å²) < 4.78 is 5.42. The molecule has 0 aliphatic heterocycles. The van der Waals surface area contributed by atoms with Crippen LogP contribution in [0.15, 0.2) is 48.8 Å². The number of hydrogen-bond acceptors (Lipinski definition) is 4. The Balaban J connectivity index is 1.99. The van der Waals surface area contributed by atoms with Crippen LogP contribution in [0.2, 0.25) is 0 Å². The minimum Gasteiger partial charge on any atom is -0.484 e. The van der Waals surface area contributed by atoms with E-state index in [9.17, 15) is 4.79 Å². The van der Waals surface area contributed by atoms with E-state index < -0.39 is 0 Å². The first-order valence-corrected chi connectivity index (χ1v) is 6.79. The highest BCUT2D eigenvalue weighted by molar-refractivity contribution is 5.77. The highest BCUT2D eigenvalue weighted by Crippen LogP contribution is 2.22. The van der Waals surface area contributed by atoms with Crippen LogP contribution in [0.4, 0.5) is 5.69 Å². The first kappa shape index (κ1) is 14.8. The predicted octanol–water partition coefficient (Wildman–Crippen LogP) is 2.38. The average Bonchev–Trinajstić information content (AvgIpc) is 2.53. The van der Waals surface area contributed by atoms with E-state index in [2.05, 4.69) is 22.5 Å². The van der Waals surface area contributed by atoms with Gasteiger partial charge in [-0.1, -0.05) is 12.1 Å². The molecular weight excluding hydrogens is 266 g/mol. The van der Waals surface area contributed by atoms with Crippen molar-refractivity contribution in [2.24, 2.45) is 0 Å². The SMILES string of the molecule is CNC(=O)COc1cccc(NC(C)c2cccnc2)c1. The zero-order valence-electron chi connectivity index (χ0n) is 12.2. The number of nitrogens with one attached hydrogen (secondary N) is 2. The molecule has 21 heavy (non-hydrogen) atoms. The van der Waals surface area contributed by atoms with Crippen molar-refractivity contribution in [2.75, 3.05) is 19.0 Å². The van der Waals surface area contributed by atoms with Crippen LogP contribution < -0.4 is 15.4 Å². The van der Waals surface area contributed by atoms with Gasteiger partial charge in [-0.3, -0.25) is 9.78 Å². The summed E-state index contributed by atoms with van der Waals surface area (Å²) in [5.74, 6) is 0.499. The smallest absolute Gasteiger partial charge is 0.257 e.